The number of rotatable bonds is 3. The molecule has 0 bridgehead atoms. The van der Waals surface area contributed by atoms with E-state index in [0.717, 1.165) is 30.8 Å². The zero-order valence-corrected chi connectivity index (χ0v) is 15.3. The van der Waals surface area contributed by atoms with Gasteiger partial charge < -0.3 is 10.6 Å². The number of benzene rings is 1. The Balaban J connectivity index is 1.92. The highest BCUT2D eigenvalue weighted by atomic mass is 32.2. The van der Waals surface area contributed by atoms with Gasteiger partial charge in [-0.1, -0.05) is 18.2 Å². The van der Waals surface area contributed by atoms with Crippen LogP contribution in [0.1, 0.15) is 12.0 Å². The number of sulfonamides is 1. The van der Waals surface area contributed by atoms with Crippen molar-refractivity contribution in [3.05, 3.63) is 47.7 Å². The summed E-state index contributed by atoms with van der Waals surface area (Å²) in [5.41, 5.74) is 9.50. The van der Waals surface area contributed by atoms with Crippen LogP contribution in [0.3, 0.4) is 0 Å². The highest BCUT2D eigenvalue weighted by molar-refractivity contribution is 7.89. The Morgan fingerprint density at radius 3 is 2.42 bits per heavy atom. The quantitative estimate of drug-likeness (QED) is 0.904. The molecule has 2 N–H and O–H groups in total. The van der Waals surface area contributed by atoms with E-state index < -0.39 is 10.0 Å². The van der Waals surface area contributed by atoms with Gasteiger partial charge in [0.15, 0.2) is 0 Å². The molecule has 3 rings (SSSR count). The summed E-state index contributed by atoms with van der Waals surface area (Å²) in [5, 5.41) is 0. The van der Waals surface area contributed by atoms with Crippen LogP contribution in [0, 0.1) is 11.8 Å². The lowest BCUT2D eigenvalue weighted by molar-refractivity contribution is 0.194. The van der Waals surface area contributed by atoms with E-state index in [1.165, 1.54) is 9.88 Å². The number of nitrogens with zero attached hydrogens (tertiary/aromatic N) is 2. The Labute approximate surface area is 144 Å². The Morgan fingerprint density at radius 1 is 1.12 bits per heavy atom. The van der Waals surface area contributed by atoms with E-state index in [9.17, 15) is 8.42 Å². The van der Waals surface area contributed by atoms with Gasteiger partial charge in [-0.05, 0) is 55.3 Å². The minimum Gasteiger partial charge on any atom is -0.402 e. The normalized spacial score (nSPS) is 25.2. The second-order valence-electron chi connectivity index (χ2n) is 6.86. The van der Waals surface area contributed by atoms with Crippen molar-refractivity contribution in [1.29, 1.82) is 0 Å². The largest absolute Gasteiger partial charge is 0.402 e. The summed E-state index contributed by atoms with van der Waals surface area (Å²) in [6.45, 7) is 2.02. The van der Waals surface area contributed by atoms with Crippen molar-refractivity contribution < 1.29 is 8.42 Å². The van der Waals surface area contributed by atoms with Crippen LogP contribution in [0.25, 0.3) is 5.57 Å². The second kappa shape index (κ2) is 6.35. The molecule has 0 aromatic heterocycles. The van der Waals surface area contributed by atoms with Crippen LogP contribution in [0.5, 0.6) is 0 Å². The molecule has 6 heteroatoms. The first kappa shape index (κ1) is 17.2. The molecule has 0 spiro atoms. The van der Waals surface area contributed by atoms with E-state index in [1.807, 2.05) is 18.2 Å². The molecule has 0 amide bonds. The maximum Gasteiger partial charge on any atom is 0.242 e. The van der Waals surface area contributed by atoms with Crippen LogP contribution >= 0.6 is 0 Å². The van der Waals surface area contributed by atoms with Crippen LogP contribution in [-0.2, 0) is 10.0 Å². The Kier molecular flexibility index (Phi) is 4.55. The molecule has 130 valence electrons. The zero-order chi connectivity index (χ0) is 17.5. The summed E-state index contributed by atoms with van der Waals surface area (Å²) >= 11 is 0. The average Bonchev–Trinajstić information content (AvgIpc) is 2.55. The van der Waals surface area contributed by atoms with E-state index in [0.29, 0.717) is 16.7 Å². The lowest BCUT2D eigenvalue weighted by Gasteiger charge is -2.40. The lowest BCUT2D eigenvalue weighted by Crippen LogP contribution is -2.41. The first-order valence-electron chi connectivity index (χ1n) is 8.19. The number of hydrogen-bond donors (Lipinski definition) is 1. The van der Waals surface area contributed by atoms with Gasteiger partial charge in [0.25, 0.3) is 0 Å². The minimum absolute atomic E-state index is 0.322. The van der Waals surface area contributed by atoms with Gasteiger partial charge in [-0.25, -0.2) is 12.7 Å². The molecule has 0 unspecified atom stereocenters. The Hall–Kier alpha value is -1.63. The van der Waals surface area contributed by atoms with Crippen LogP contribution in [-0.4, -0.2) is 51.9 Å². The fourth-order valence-electron chi connectivity index (χ4n) is 3.60. The SMILES string of the molecule is CN1CC[C@H]2C(c3ccc(S(=O)(=O)N(C)C)cc3)=CC=C(N)[C@H]2C1. The van der Waals surface area contributed by atoms with Gasteiger partial charge in [-0.3, -0.25) is 0 Å². The summed E-state index contributed by atoms with van der Waals surface area (Å²) < 4.78 is 25.6. The highest BCUT2D eigenvalue weighted by Crippen LogP contribution is 2.40. The van der Waals surface area contributed by atoms with E-state index in [1.54, 1.807) is 26.2 Å². The van der Waals surface area contributed by atoms with Crippen LogP contribution in [0.4, 0.5) is 0 Å². The minimum atomic E-state index is -3.39. The Morgan fingerprint density at radius 2 is 1.79 bits per heavy atom. The molecule has 0 saturated carbocycles. The number of piperidine rings is 1. The summed E-state index contributed by atoms with van der Waals surface area (Å²) in [4.78, 5) is 2.64. The zero-order valence-electron chi connectivity index (χ0n) is 14.4. The molecule has 24 heavy (non-hydrogen) atoms. The van der Waals surface area contributed by atoms with Crippen molar-refractivity contribution in [1.82, 2.24) is 9.21 Å². The molecule has 5 nitrogen and oxygen atoms in total. The third-order valence-corrected chi connectivity index (χ3v) is 6.89. The standard InChI is InChI=1S/C18H25N3O2S/c1-20(2)24(22,23)14-6-4-13(5-7-14)15-8-9-18(19)17-12-21(3)11-10-16(15)17/h4-9,16-17H,10-12,19H2,1-3H3/t16-,17-/m0/s1. The van der Waals surface area contributed by atoms with E-state index in [-0.39, 0.29) is 0 Å². The van der Waals surface area contributed by atoms with Crippen molar-refractivity contribution in [2.24, 2.45) is 17.6 Å². The van der Waals surface area contributed by atoms with Gasteiger partial charge in [0.2, 0.25) is 10.0 Å². The van der Waals surface area contributed by atoms with Crippen LogP contribution in [0.2, 0.25) is 0 Å². The first-order valence-corrected chi connectivity index (χ1v) is 9.63. The van der Waals surface area contributed by atoms with E-state index >= 15 is 0 Å². The van der Waals surface area contributed by atoms with Crippen molar-refractivity contribution in [2.45, 2.75) is 11.3 Å². The molecule has 1 heterocycles. The molecule has 2 atom stereocenters. The molecule has 1 aliphatic heterocycles. The molecule has 1 aromatic carbocycles. The summed E-state index contributed by atoms with van der Waals surface area (Å²) in [6.07, 6.45) is 5.16. The number of allylic oxidation sites excluding steroid dienone is 3. The number of fused-ring (bicyclic) bond motifs is 1. The summed E-state index contributed by atoms with van der Waals surface area (Å²) in [5.74, 6) is 0.747. The summed E-state index contributed by atoms with van der Waals surface area (Å²) in [7, 11) is 1.83. The van der Waals surface area contributed by atoms with Crippen LogP contribution < -0.4 is 5.73 Å². The molecule has 1 aliphatic carbocycles. The number of likely N-dealkylation sites (tertiary alicyclic amines) is 1. The summed E-state index contributed by atoms with van der Waals surface area (Å²) in [6, 6.07) is 7.20. The van der Waals surface area contributed by atoms with E-state index in [2.05, 4.69) is 18.0 Å². The fraction of sp³-hybridized carbons (Fsp3) is 0.444. The predicted octanol–water partition coefficient (Wildman–Crippen LogP) is 1.74. The third kappa shape index (κ3) is 3.01. The monoisotopic (exact) mass is 347 g/mol. The molecule has 0 radical (unpaired) electrons. The van der Waals surface area contributed by atoms with E-state index in [4.69, 9.17) is 5.73 Å². The van der Waals surface area contributed by atoms with Gasteiger partial charge in [-0.15, -0.1) is 0 Å². The molecule has 1 saturated heterocycles. The predicted molar refractivity (Wildman–Crippen MR) is 96.7 cm³/mol. The molecule has 1 aromatic rings. The molecule has 1 fully saturated rings. The van der Waals surface area contributed by atoms with Gasteiger partial charge in [0.1, 0.15) is 0 Å². The van der Waals surface area contributed by atoms with Gasteiger partial charge in [-0.2, -0.15) is 0 Å². The number of hydrogen-bond acceptors (Lipinski definition) is 4. The van der Waals surface area contributed by atoms with Crippen molar-refractivity contribution in [3.63, 3.8) is 0 Å². The smallest absolute Gasteiger partial charge is 0.242 e. The third-order valence-electron chi connectivity index (χ3n) is 5.07. The highest BCUT2D eigenvalue weighted by Gasteiger charge is 2.34. The molecular weight excluding hydrogens is 322 g/mol. The number of nitrogens with two attached hydrogens (primary N) is 1. The topological polar surface area (TPSA) is 66.6 Å². The maximum atomic E-state index is 12.2. The van der Waals surface area contributed by atoms with Crippen molar-refractivity contribution in [3.8, 4) is 0 Å². The van der Waals surface area contributed by atoms with Gasteiger partial charge in [0, 0.05) is 32.3 Å². The van der Waals surface area contributed by atoms with Crippen molar-refractivity contribution in [2.75, 3.05) is 34.2 Å². The fourth-order valence-corrected chi connectivity index (χ4v) is 4.50. The second-order valence-corrected chi connectivity index (χ2v) is 9.02. The van der Waals surface area contributed by atoms with Crippen molar-refractivity contribution >= 4 is 15.6 Å². The lowest BCUT2D eigenvalue weighted by atomic mass is 9.73. The average molecular weight is 347 g/mol. The van der Waals surface area contributed by atoms with Gasteiger partial charge in [0.05, 0.1) is 4.90 Å². The first-order chi connectivity index (χ1) is 11.3. The maximum absolute atomic E-state index is 12.2. The Bertz CT molecular complexity index is 779. The van der Waals surface area contributed by atoms with Gasteiger partial charge >= 0.3 is 0 Å². The molecular formula is C18H25N3O2S. The van der Waals surface area contributed by atoms with Crippen LogP contribution in [0.15, 0.2) is 47.0 Å². The molecule has 2 aliphatic rings.